The van der Waals surface area contributed by atoms with Gasteiger partial charge in [0.15, 0.2) is 0 Å². The van der Waals surface area contributed by atoms with Gasteiger partial charge in [0.2, 0.25) is 11.8 Å². The molecule has 3 atom stereocenters. The Morgan fingerprint density at radius 3 is 2.43 bits per heavy atom. The first-order chi connectivity index (χ1) is 13.2. The number of nitrogens with one attached hydrogen (secondary N) is 3. The lowest BCUT2D eigenvalue weighted by molar-refractivity contribution is -0.150. The SMILES string of the molecule is CCCCC(=O)N[C@H](C(=O)N[C@@H](C)C(=O)N1CCC[C@@H](C(=O)OC)N1)C(C)C. The monoisotopic (exact) mass is 398 g/mol. The molecule has 1 fully saturated rings. The smallest absolute Gasteiger partial charge is 0.324 e. The molecule has 1 aliphatic heterocycles. The third-order valence-corrected chi connectivity index (χ3v) is 4.69. The number of methoxy groups -OCH3 is 1. The van der Waals surface area contributed by atoms with Gasteiger partial charge in [-0.05, 0) is 32.1 Å². The van der Waals surface area contributed by atoms with Gasteiger partial charge < -0.3 is 15.4 Å². The predicted octanol–water partition coefficient (Wildman–Crippen LogP) is 0.491. The molecule has 0 bridgehead atoms. The Balaban J connectivity index is 2.65. The largest absolute Gasteiger partial charge is 0.468 e. The maximum Gasteiger partial charge on any atom is 0.324 e. The highest BCUT2D eigenvalue weighted by Gasteiger charge is 2.32. The van der Waals surface area contributed by atoms with Crippen LogP contribution in [-0.4, -0.2) is 60.5 Å². The number of amides is 3. The second-order valence-electron chi connectivity index (χ2n) is 7.46. The van der Waals surface area contributed by atoms with E-state index < -0.39 is 30.0 Å². The van der Waals surface area contributed by atoms with Crippen LogP contribution in [0.25, 0.3) is 0 Å². The molecular formula is C19H34N4O5. The molecule has 3 amide bonds. The summed E-state index contributed by atoms with van der Waals surface area (Å²) in [7, 11) is 1.30. The van der Waals surface area contributed by atoms with Crippen molar-refractivity contribution < 1.29 is 23.9 Å². The van der Waals surface area contributed by atoms with Crippen molar-refractivity contribution in [3.05, 3.63) is 0 Å². The molecule has 0 saturated carbocycles. The van der Waals surface area contributed by atoms with Gasteiger partial charge in [-0.25, -0.2) is 5.43 Å². The van der Waals surface area contributed by atoms with Crippen LogP contribution in [0.3, 0.4) is 0 Å². The molecular weight excluding hydrogens is 364 g/mol. The minimum Gasteiger partial charge on any atom is -0.468 e. The summed E-state index contributed by atoms with van der Waals surface area (Å²) in [5.74, 6) is -1.47. The van der Waals surface area contributed by atoms with Crippen molar-refractivity contribution in [3.8, 4) is 0 Å². The van der Waals surface area contributed by atoms with Gasteiger partial charge in [-0.2, -0.15) is 0 Å². The Kier molecular flexibility index (Phi) is 9.92. The van der Waals surface area contributed by atoms with Crippen LogP contribution in [0.1, 0.15) is 59.8 Å². The van der Waals surface area contributed by atoms with Gasteiger partial charge >= 0.3 is 5.97 Å². The van der Waals surface area contributed by atoms with Crippen LogP contribution >= 0.6 is 0 Å². The Morgan fingerprint density at radius 2 is 1.86 bits per heavy atom. The first-order valence-corrected chi connectivity index (χ1v) is 9.96. The van der Waals surface area contributed by atoms with E-state index in [-0.39, 0.29) is 17.7 Å². The number of unbranched alkanes of at least 4 members (excludes halogenated alkanes) is 1. The van der Waals surface area contributed by atoms with E-state index in [4.69, 9.17) is 4.74 Å². The number of hydrogen-bond acceptors (Lipinski definition) is 6. The minimum atomic E-state index is -0.801. The number of carbonyl (C=O) groups excluding carboxylic acids is 4. The van der Waals surface area contributed by atoms with Crippen molar-refractivity contribution in [2.75, 3.05) is 13.7 Å². The summed E-state index contributed by atoms with van der Waals surface area (Å²) in [6.07, 6.45) is 3.26. The highest BCUT2D eigenvalue weighted by atomic mass is 16.5. The summed E-state index contributed by atoms with van der Waals surface area (Å²) in [4.78, 5) is 49.0. The van der Waals surface area contributed by atoms with Gasteiger partial charge in [-0.15, -0.1) is 0 Å². The molecule has 0 aliphatic carbocycles. The molecule has 1 saturated heterocycles. The summed E-state index contributed by atoms with van der Waals surface area (Å²) in [5.41, 5.74) is 2.85. The number of hydrogen-bond donors (Lipinski definition) is 3. The van der Waals surface area contributed by atoms with Gasteiger partial charge in [-0.3, -0.25) is 24.2 Å². The standard InChI is InChI=1S/C19H34N4O5/c1-6-7-10-15(24)21-16(12(2)3)17(25)20-13(4)18(26)23-11-8-9-14(22-23)19(27)28-5/h12-14,16,22H,6-11H2,1-5H3,(H,20,25)(H,21,24)/t13-,14-,16-/m0/s1. The topological polar surface area (TPSA) is 117 Å². The van der Waals surface area contributed by atoms with E-state index in [1.165, 1.54) is 12.1 Å². The summed E-state index contributed by atoms with van der Waals surface area (Å²) >= 11 is 0. The van der Waals surface area contributed by atoms with Crippen molar-refractivity contribution in [1.29, 1.82) is 0 Å². The lowest BCUT2D eigenvalue weighted by Gasteiger charge is -2.34. The van der Waals surface area contributed by atoms with E-state index in [0.717, 1.165) is 12.8 Å². The number of ether oxygens (including phenoxy) is 1. The summed E-state index contributed by atoms with van der Waals surface area (Å²) in [6.45, 7) is 7.69. The van der Waals surface area contributed by atoms with Crippen LogP contribution in [-0.2, 0) is 23.9 Å². The van der Waals surface area contributed by atoms with Crippen LogP contribution in [0.5, 0.6) is 0 Å². The third kappa shape index (κ3) is 7.10. The third-order valence-electron chi connectivity index (χ3n) is 4.69. The number of nitrogens with zero attached hydrogens (tertiary/aromatic N) is 1. The molecule has 0 aromatic carbocycles. The fraction of sp³-hybridized carbons (Fsp3) is 0.789. The van der Waals surface area contributed by atoms with Crippen molar-refractivity contribution in [2.24, 2.45) is 5.92 Å². The Labute approximate surface area is 166 Å². The molecule has 0 radical (unpaired) electrons. The van der Waals surface area contributed by atoms with Crippen LogP contribution in [0.2, 0.25) is 0 Å². The second-order valence-corrected chi connectivity index (χ2v) is 7.46. The minimum absolute atomic E-state index is 0.121. The van der Waals surface area contributed by atoms with E-state index in [2.05, 4.69) is 16.1 Å². The molecule has 9 nitrogen and oxygen atoms in total. The van der Waals surface area contributed by atoms with Crippen LogP contribution in [0, 0.1) is 5.92 Å². The van der Waals surface area contributed by atoms with Gasteiger partial charge in [0.25, 0.3) is 5.91 Å². The van der Waals surface area contributed by atoms with E-state index in [1.807, 2.05) is 20.8 Å². The van der Waals surface area contributed by atoms with Gasteiger partial charge in [-0.1, -0.05) is 27.2 Å². The number of hydrazine groups is 1. The molecule has 1 rings (SSSR count). The zero-order chi connectivity index (χ0) is 21.3. The maximum atomic E-state index is 12.7. The molecule has 3 N–H and O–H groups in total. The highest BCUT2D eigenvalue weighted by Crippen LogP contribution is 2.10. The van der Waals surface area contributed by atoms with Crippen molar-refractivity contribution >= 4 is 23.7 Å². The molecule has 1 aliphatic rings. The lowest BCUT2D eigenvalue weighted by Crippen LogP contribution is -2.60. The average molecular weight is 399 g/mol. The highest BCUT2D eigenvalue weighted by molar-refractivity contribution is 5.92. The van der Waals surface area contributed by atoms with Crippen molar-refractivity contribution in [2.45, 2.75) is 77.9 Å². The fourth-order valence-corrected chi connectivity index (χ4v) is 2.97. The molecule has 0 aromatic rings. The molecule has 160 valence electrons. The van der Waals surface area contributed by atoms with Crippen LogP contribution < -0.4 is 16.1 Å². The zero-order valence-corrected chi connectivity index (χ0v) is 17.5. The number of esters is 1. The van der Waals surface area contributed by atoms with Crippen molar-refractivity contribution in [3.63, 3.8) is 0 Å². The Morgan fingerprint density at radius 1 is 1.18 bits per heavy atom. The molecule has 1 heterocycles. The molecule has 0 aromatic heterocycles. The summed E-state index contributed by atoms with van der Waals surface area (Å²) in [6, 6.07) is -2.09. The second kappa shape index (κ2) is 11.6. The normalized spacial score (nSPS) is 18.9. The van der Waals surface area contributed by atoms with E-state index in [9.17, 15) is 19.2 Å². The van der Waals surface area contributed by atoms with Crippen LogP contribution in [0.4, 0.5) is 0 Å². The molecule has 28 heavy (non-hydrogen) atoms. The molecule has 0 spiro atoms. The number of carbonyl (C=O) groups is 4. The Bertz CT molecular complexity index is 567. The average Bonchev–Trinajstić information content (AvgIpc) is 2.68. The summed E-state index contributed by atoms with van der Waals surface area (Å²) < 4.78 is 4.72. The maximum absolute atomic E-state index is 12.7. The predicted molar refractivity (Wildman–Crippen MR) is 104 cm³/mol. The van der Waals surface area contributed by atoms with E-state index in [0.29, 0.717) is 25.8 Å². The lowest BCUT2D eigenvalue weighted by atomic mass is 10.0. The zero-order valence-electron chi connectivity index (χ0n) is 17.5. The Hall–Kier alpha value is -2.16. The first kappa shape index (κ1) is 23.9. The molecule has 9 heteroatoms. The van der Waals surface area contributed by atoms with Gasteiger partial charge in [0.05, 0.1) is 7.11 Å². The quantitative estimate of drug-likeness (QED) is 0.487. The first-order valence-electron chi connectivity index (χ1n) is 9.96. The van der Waals surface area contributed by atoms with Gasteiger partial charge in [0, 0.05) is 13.0 Å². The van der Waals surface area contributed by atoms with E-state index >= 15 is 0 Å². The number of rotatable bonds is 9. The summed E-state index contributed by atoms with van der Waals surface area (Å²) in [5, 5.41) is 6.78. The van der Waals surface area contributed by atoms with Gasteiger partial charge in [0.1, 0.15) is 18.1 Å². The van der Waals surface area contributed by atoms with E-state index in [1.54, 1.807) is 6.92 Å². The fourth-order valence-electron chi connectivity index (χ4n) is 2.97. The van der Waals surface area contributed by atoms with Crippen molar-refractivity contribution in [1.82, 2.24) is 21.1 Å². The molecule has 0 unspecified atom stereocenters. The van der Waals surface area contributed by atoms with Crippen LogP contribution in [0.15, 0.2) is 0 Å².